The topological polar surface area (TPSA) is 45.9 Å². The summed E-state index contributed by atoms with van der Waals surface area (Å²) >= 11 is 0. The Hall–Kier alpha value is -1.33. The maximum Gasteiger partial charge on any atom is 0.289 e. The van der Waals surface area contributed by atoms with Gasteiger partial charge < -0.3 is 19.0 Å². The Bertz CT molecular complexity index is 593. The molecule has 0 N–H and O–H groups in total. The number of carbonyl (C=O) groups is 1. The molecule has 4 rings (SSSR count). The third kappa shape index (κ3) is 3.11. The van der Waals surface area contributed by atoms with Crippen molar-refractivity contribution >= 4 is 5.91 Å². The van der Waals surface area contributed by atoms with Crippen LogP contribution in [-0.2, 0) is 4.74 Å². The van der Waals surface area contributed by atoms with Crippen LogP contribution >= 0.6 is 0 Å². The summed E-state index contributed by atoms with van der Waals surface area (Å²) in [7, 11) is 0. The molecule has 3 saturated heterocycles. The largest absolute Gasteiger partial charge is 0.459 e. The Kier molecular flexibility index (Phi) is 4.39. The summed E-state index contributed by atoms with van der Waals surface area (Å²) in [5.74, 6) is 0.496. The zero-order valence-electron chi connectivity index (χ0n) is 14.6. The molecule has 5 nitrogen and oxygen atoms in total. The van der Waals surface area contributed by atoms with Crippen LogP contribution in [0.5, 0.6) is 0 Å². The minimum atomic E-state index is -0.126. The van der Waals surface area contributed by atoms with Gasteiger partial charge in [0.25, 0.3) is 5.91 Å². The van der Waals surface area contributed by atoms with E-state index in [0.717, 1.165) is 37.9 Å². The fourth-order valence-electron chi connectivity index (χ4n) is 4.56. The lowest BCUT2D eigenvalue weighted by Crippen LogP contribution is -2.47. The molecule has 1 spiro atoms. The first-order chi connectivity index (χ1) is 11.7. The standard InChI is InChI=1S/C19H28N2O3/c1-15-6-12-23-17(15)18(22)21-11-8-19(14-21)7-4-5-16(24-19)13-20-9-2-3-10-20/h6,12,16H,2-5,7-11,13-14H2,1H3/t16-,19-/m1/s1. The monoisotopic (exact) mass is 332 g/mol. The molecule has 1 aromatic heterocycles. The second kappa shape index (κ2) is 6.52. The predicted octanol–water partition coefficient (Wildman–Crippen LogP) is 2.84. The van der Waals surface area contributed by atoms with Gasteiger partial charge in [-0.1, -0.05) is 0 Å². The molecule has 0 radical (unpaired) electrons. The average Bonchev–Trinajstić information content (AvgIpc) is 3.29. The molecule has 5 heteroatoms. The van der Waals surface area contributed by atoms with Crippen LogP contribution < -0.4 is 0 Å². The quantitative estimate of drug-likeness (QED) is 0.854. The number of furan rings is 1. The van der Waals surface area contributed by atoms with Gasteiger partial charge in [0.2, 0.25) is 0 Å². The Morgan fingerprint density at radius 2 is 2.08 bits per heavy atom. The van der Waals surface area contributed by atoms with Crippen molar-refractivity contribution in [1.82, 2.24) is 9.80 Å². The molecule has 2 atom stereocenters. The van der Waals surface area contributed by atoms with Crippen LogP contribution in [0.25, 0.3) is 0 Å². The van der Waals surface area contributed by atoms with Crippen LogP contribution in [0, 0.1) is 6.92 Å². The normalized spacial score (nSPS) is 31.2. The number of ether oxygens (including phenoxy) is 1. The van der Waals surface area contributed by atoms with Gasteiger partial charge in [0.15, 0.2) is 5.76 Å². The molecule has 3 fully saturated rings. The third-order valence-corrected chi connectivity index (χ3v) is 5.90. The highest BCUT2D eigenvalue weighted by Gasteiger charge is 2.45. The van der Waals surface area contributed by atoms with Crippen LogP contribution in [0.1, 0.15) is 54.6 Å². The highest BCUT2D eigenvalue weighted by atomic mass is 16.5. The second-order valence-corrected chi connectivity index (χ2v) is 7.73. The van der Waals surface area contributed by atoms with Crippen LogP contribution in [0.2, 0.25) is 0 Å². The fraction of sp³-hybridized carbons (Fsp3) is 0.737. The molecule has 0 bridgehead atoms. The number of carbonyl (C=O) groups excluding carboxylic acids is 1. The van der Waals surface area contributed by atoms with Gasteiger partial charge in [-0.05, 0) is 64.6 Å². The summed E-state index contributed by atoms with van der Waals surface area (Å²) in [4.78, 5) is 17.1. The van der Waals surface area contributed by atoms with E-state index in [1.807, 2.05) is 17.9 Å². The second-order valence-electron chi connectivity index (χ2n) is 7.73. The van der Waals surface area contributed by atoms with Crippen LogP contribution in [-0.4, -0.2) is 60.1 Å². The maximum absolute atomic E-state index is 12.7. The van der Waals surface area contributed by atoms with Gasteiger partial charge in [0, 0.05) is 18.7 Å². The van der Waals surface area contributed by atoms with Gasteiger partial charge in [0.1, 0.15) is 0 Å². The first-order valence-corrected chi connectivity index (χ1v) is 9.39. The van der Waals surface area contributed by atoms with Crippen molar-refractivity contribution in [3.05, 3.63) is 23.7 Å². The van der Waals surface area contributed by atoms with E-state index in [4.69, 9.17) is 9.15 Å². The zero-order chi connectivity index (χ0) is 16.6. The van der Waals surface area contributed by atoms with E-state index in [2.05, 4.69) is 4.90 Å². The summed E-state index contributed by atoms with van der Waals surface area (Å²) in [5, 5.41) is 0. The van der Waals surface area contributed by atoms with Crippen molar-refractivity contribution in [2.24, 2.45) is 0 Å². The van der Waals surface area contributed by atoms with E-state index >= 15 is 0 Å². The highest BCUT2D eigenvalue weighted by Crippen LogP contribution is 2.37. The lowest BCUT2D eigenvalue weighted by atomic mass is 9.90. The predicted molar refractivity (Wildman–Crippen MR) is 91.1 cm³/mol. The number of amides is 1. The Balaban J connectivity index is 1.39. The highest BCUT2D eigenvalue weighted by molar-refractivity contribution is 5.93. The molecule has 0 aromatic carbocycles. The van der Waals surface area contributed by atoms with E-state index < -0.39 is 0 Å². The lowest BCUT2D eigenvalue weighted by molar-refractivity contribution is -0.126. The molecule has 3 aliphatic heterocycles. The van der Waals surface area contributed by atoms with Gasteiger partial charge in [0.05, 0.1) is 24.5 Å². The molecule has 24 heavy (non-hydrogen) atoms. The number of rotatable bonds is 3. The van der Waals surface area contributed by atoms with Crippen molar-refractivity contribution < 1.29 is 13.9 Å². The van der Waals surface area contributed by atoms with Gasteiger partial charge in [-0.2, -0.15) is 0 Å². The van der Waals surface area contributed by atoms with E-state index in [0.29, 0.717) is 18.4 Å². The summed E-state index contributed by atoms with van der Waals surface area (Å²) in [5.41, 5.74) is 0.788. The maximum atomic E-state index is 12.7. The summed E-state index contributed by atoms with van der Waals surface area (Å²) in [6.45, 7) is 6.90. The van der Waals surface area contributed by atoms with E-state index in [1.165, 1.54) is 32.4 Å². The molecule has 132 valence electrons. The Morgan fingerprint density at radius 3 is 2.83 bits per heavy atom. The van der Waals surface area contributed by atoms with Crippen LogP contribution in [0.3, 0.4) is 0 Å². The molecule has 0 saturated carbocycles. The fourth-order valence-corrected chi connectivity index (χ4v) is 4.56. The molecule has 0 aliphatic carbocycles. The van der Waals surface area contributed by atoms with Crippen molar-refractivity contribution in [3.8, 4) is 0 Å². The number of nitrogens with zero attached hydrogens (tertiary/aromatic N) is 2. The van der Waals surface area contributed by atoms with Gasteiger partial charge in [-0.3, -0.25) is 4.79 Å². The molecule has 3 aliphatic rings. The molecule has 1 aromatic rings. The molecular weight excluding hydrogens is 304 g/mol. The molecule has 1 amide bonds. The minimum Gasteiger partial charge on any atom is -0.459 e. The number of hydrogen-bond acceptors (Lipinski definition) is 4. The van der Waals surface area contributed by atoms with Crippen LogP contribution in [0.15, 0.2) is 16.7 Å². The minimum absolute atomic E-state index is 0.0136. The molecule has 4 heterocycles. The Morgan fingerprint density at radius 1 is 1.25 bits per heavy atom. The average molecular weight is 332 g/mol. The van der Waals surface area contributed by atoms with Gasteiger partial charge in [-0.25, -0.2) is 0 Å². The summed E-state index contributed by atoms with van der Waals surface area (Å²) in [6, 6.07) is 1.85. The van der Waals surface area contributed by atoms with Crippen molar-refractivity contribution in [2.75, 3.05) is 32.7 Å². The van der Waals surface area contributed by atoms with E-state index in [1.54, 1.807) is 6.26 Å². The van der Waals surface area contributed by atoms with Crippen molar-refractivity contribution in [3.63, 3.8) is 0 Å². The van der Waals surface area contributed by atoms with Gasteiger partial charge in [-0.15, -0.1) is 0 Å². The SMILES string of the molecule is Cc1ccoc1C(=O)N1CC[C@]2(CCC[C@H](CN3CCCC3)O2)C1. The third-order valence-electron chi connectivity index (χ3n) is 5.90. The number of aryl methyl sites for hydroxylation is 1. The lowest BCUT2D eigenvalue weighted by Gasteiger charge is -2.39. The molecule has 0 unspecified atom stereocenters. The summed E-state index contributed by atoms with van der Waals surface area (Å²) in [6.07, 6.45) is 8.96. The summed E-state index contributed by atoms with van der Waals surface area (Å²) < 4.78 is 11.9. The van der Waals surface area contributed by atoms with Gasteiger partial charge >= 0.3 is 0 Å². The van der Waals surface area contributed by atoms with E-state index in [9.17, 15) is 4.79 Å². The van der Waals surface area contributed by atoms with Crippen LogP contribution in [0.4, 0.5) is 0 Å². The zero-order valence-corrected chi connectivity index (χ0v) is 14.6. The number of likely N-dealkylation sites (tertiary alicyclic amines) is 2. The smallest absolute Gasteiger partial charge is 0.289 e. The first-order valence-electron chi connectivity index (χ1n) is 9.39. The van der Waals surface area contributed by atoms with Crippen molar-refractivity contribution in [1.29, 1.82) is 0 Å². The van der Waals surface area contributed by atoms with E-state index in [-0.39, 0.29) is 11.5 Å². The van der Waals surface area contributed by atoms with Crippen molar-refractivity contribution in [2.45, 2.75) is 57.2 Å². The number of hydrogen-bond donors (Lipinski definition) is 0. The first kappa shape index (κ1) is 16.2. The Labute approximate surface area is 143 Å². The molecular formula is C19H28N2O3.